The number of anilines is 2. The van der Waals surface area contributed by atoms with Crippen molar-refractivity contribution in [2.24, 2.45) is 5.92 Å². The van der Waals surface area contributed by atoms with Gasteiger partial charge in [-0.25, -0.2) is 19.2 Å². The van der Waals surface area contributed by atoms with Gasteiger partial charge in [-0.15, -0.1) is 0 Å². The molecular formula is C19H25FN6O2. The number of likely N-dealkylation sites (tertiary alicyclic amines) is 1. The van der Waals surface area contributed by atoms with Crippen LogP contribution >= 0.6 is 0 Å². The molecule has 0 spiro atoms. The van der Waals surface area contributed by atoms with E-state index in [1.807, 2.05) is 14.1 Å². The molecule has 2 amide bonds. The molecule has 9 heteroatoms. The molecule has 8 nitrogen and oxygen atoms in total. The Kier molecular flexibility index (Phi) is 6.25. The summed E-state index contributed by atoms with van der Waals surface area (Å²) < 4.78 is 19.3. The molecule has 2 aromatic rings. The molecule has 1 fully saturated rings. The van der Waals surface area contributed by atoms with Crippen LogP contribution in [0.1, 0.15) is 12.8 Å². The quantitative estimate of drug-likeness (QED) is 0.765. The highest BCUT2D eigenvalue weighted by Crippen LogP contribution is 2.25. The summed E-state index contributed by atoms with van der Waals surface area (Å²) in [7, 11) is 4.07. The maximum Gasteiger partial charge on any atom is 0.323 e. The Morgan fingerprint density at radius 2 is 2.21 bits per heavy atom. The first-order valence-corrected chi connectivity index (χ1v) is 9.16. The zero-order valence-electron chi connectivity index (χ0n) is 16.1. The van der Waals surface area contributed by atoms with Crippen LogP contribution in [-0.2, 0) is 0 Å². The van der Waals surface area contributed by atoms with Gasteiger partial charge in [-0.3, -0.25) is 5.32 Å². The predicted molar refractivity (Wildman–Crippen MR) is 105 cm³/mol. The van der Waals surface area contributed by atoms with E-state index < -0.39 is 5.82 Å². The Morgan fingerprint density at radius 3 is 2.96 bits per heavy atom. The molecule has 0 unspecified atom stereocenters. The molecule has 0 bridgehead atoms. The fourth-order valence-electron chi connectivity index (χ4n) is 3.28. The lowest BCUT2D eigenvalue weighted by Gasteiger charge is -2.33. The number of urea groups is 1. The molecular weight excluding hydrogens is 363 g/mol. The van der Waals surface area contributed by atoms with Gasteiger partial charge in [-0.1, -0.05) is 0 Å². The Balaban J connectivity index is 1.63. The molecule has 1 atom stereocenters. The molecule has 3 N–H and O–H groups in total. The van der Waals surface area contributed by atoms with Crippen molar-refractivity contribution in [3.8, 4) is 11.6 Å². The molecule has 2 heterocycles. The summed E-state index contributed by atoms with van der Waals surface area (Å²) in [6.07, 6.45) is 3.34. The molecule has 3 rings (SSSR count). The van der Waals surface area contributed by atoms with E-state index in [-0.39, 0.29) is 17.7 Å². The van der Waals surface area contributed by atoms with Crippen molar-refractivity contribution >= 4 is 17.5 Å². The van der Waals surface area contributed by atoms with Gasteiger partial charge in [0.15, 0.2) is 11.6 Å². The SMILES string of the molecule is CN(C)C[C@@H]1CCCN(C(=O)Nc2cc(Oc3ccc(N)cc3F)ncn2)C1. The molecule has 150 valence electrons. The van der Waals surface area contributed by atoms with Crippen LogP contribution in [0.15, 0.2) is 30.6 Å². The Hall–Kier alpha value is -2.94. The summed E-state index contributed by atoms with van der Waals surface area (Å²) in [5.41, 5.74) is 5.83. The van der Waals surface area contributed by atoms with E-state index in [1.165, 1.54) is 30.6 Å². The number of hydrogen-bond acceptors (Lipinski definition) is 6. The van der Waals surface area contributed by atoms with Gasteiger partial charge >= 0.3 is 6.03 Å². The average molecular weight is 388 g/mol. The summed E-state index contributed by atoms with van der Waals surface area (Å²) in [4.78, 5) is 24.5. The number of amides is 2. The van der Waals surface area contributed by atoms with E-state index in [2.05, 4.69) is 20.2 Å². The number of nitrogens with zero attached hydrogens (tertiary/aromatic N) is 4. The molecule has 1 aromatic carbocycles. The molecule has 1 aromatic heterocycles. The van der Waals surface area contributed by atoms with Crippen molar-refractivity contribution in [1.82, 2.24) is 19.8 Å². The number of rotatable bonds is 5. The third kappa shape index (κ3) is 5.29. The van der Waals surface area contributed by atoms with Crippen LogP contribution in [0.5, 0.6) is 11.6 Å². The van der Waals surface area contributed by atoms with Crippen LogP contribution in [0.25, 0.3) is 0 Å². The lowest BCUT2D eigenvalue weighted by Crippen LogP contribution is -2.44. The summed E-state index contributed by atoms with van der Waals surface area (Å²) >= 11 is 0. The first kappa shape index (κ1) is 19.8. The number of nitrogens with one attached hydrogen (secondary N) is 1. The van der Waals surface area contributed by atoms with E-state index in [4.69, 9.17) is 10.5 Å². The van der Waals surface area contributed by atoms with E-state index in [0.717, 1.165) is 19.4 Å². The van der Waals surface area contributed by atoms with Crippen LogP contribution in [0, 0.1) is 11.7 Å². The maximum atomic E-state index is 13.9. The third-order valence-corrected chi connectivity index (χ3v) is 4.48. The number of nitrogen functional groups attached to an aromatic ring is 1. The highest BCUT2D eigenvalue weighted by Gasteiger charge is 2.24. The lowest BCUT2D eigenvalue weighted by atomic mass is 9.98. The summed E-state index contributed by atoms with van der Waals surface area (Å²) in [5, 5.41) is 2.76. The average Bonchev–Trinajstić information content (AvgIpc) is 2.64. The number of hydrogen-bond donors (Lipinski definition) is 2. The van der Waals surface area contributed by atoms with Gasteiger partial charge in [0.1, 0.15) is 12.1 Å². The number of benzene rings is 1. The largest absolute Gasteiger partial charge is 0.436 e. The molecule has 1 saturated heterocycles. The predicted octanol–water partition coefficient (Wildman–Crippen LogP) is 2.80. The first-order valence-electron chi connectivity index (χ1n) is 9.16. The second kappa shape index (κ2) is 8.83. The minimum Gasteiger partial charge on any atom is -0.436 e. The van der Waals surface area contributed by atoms with Crippen molar-refractivity contribution in [2.75, 3.05) is 44.8 Å². The van der Waals surface area contributed by atoms with Crippen LogP contribution in [0.2, 0.25) is 0 Å². The molecule has 1 aliphatic rings. The van der Waals surface area contributed by atoms with Gasteiger partial charge in [-0.2, -0.15) is 0 Å². The summed E-state index contributed by atoms with van der Waals surface area (Å²) in [6.45, 7) is 2.36. The van der Waals surface area contributed by atoms with Gasteiger partial charge < -0.3 is 20.3 Å². The molecule has 28 heavy (non-hydrogen) atoms. The van der Waals surface area contributed by atoms with Gasteiger partial charge in [0.2, 0.25) is 5.88 Å². The smallest absolute Gasteiger partial charge is 0.323 e. The topological polar surface area (TPSA) is 96.6 Å². The van der Waals surface area contributed by atoms with Crippen molar-refractivity contribution in [2.45, 2.75) is 12.8 Å². The van der Waals surface area contributed by atoms with Gasteiger partial charge in [0.05, 0.1) is 0 Å². The van der Waals surface area contributed by atoms with E-state index in [1.54, 1.807) is 4.90 Å². The maximum absolute atomic E-state index is 13.9. The number of piperidine rings is 1. The third-order valence-electron chi connectivity index (χ3n) is 4.48. The number of halogens is 1. The zero-order chi connectivity index (χ0) is 20.1. The molecule has 0 saturated carbocycles. The highest BCUT2D eigenvalue weighted by molar-refractivity contribution is 5.88. The van der Waals surface area contributed by atoms with Crippen LogP contribution in [0.3, 0.4) is 0 Å². The Bertz CT molecular complexity index is 832. The fraction of sp³-hybridized carbons (Fsp3) is 0.421. The number of nitrogens with two attached hydrogens (primary N) is 1. The number of carbonyl (C=O) groups is 1. The minimum absolute atomic E-state index is 0.00673. The van der Waals surface area contributed by atoms with Crippen molar-refractivity contribution in [3.05, 3.63) is 36.4 Å². The zero-order valence-corrected chi connectivity index (χ0v) is 16.1. The number of ether oxygens (including phenoxy) is 1. The summed E-state index contributed by atoms with van der Waals surface area (Å²) in [5.74, 6) is 0.267. The van der Waals surface area contributed by atoms with Crippen LogP contribution < -0.4 is 15.8 Å². The summed E-state index contributed by atoms with van der Waals surface area (Å²) in [6, 6.07) is 5.35. The van der Waals surface area contributed by atoms with Crippen LogP contribution in [0.4, 0.5) is 20.7 Å². The van der Waals surface area contributed by atoms with Gasteiger partial charge in [-0.05, 0) is 45.0 Å². The van der Waals surface area contributed by atoms with E-state index in [9.17, 15) is 9.18 Å². The van der Waals surface area contributed by atoms with Gasteiger partial charge in [0, 0.05) is 37.5 Å². The van der Waals surface area contributed by atoms with Crippen molar-refractivity contribution in [1.29, 1.82) is 0 Å². The highest BCUT2D eigenvalue weighted by atomic mass is 19.1. The Labute approximate surface area is 163 Å². The monoisotopic (exact) mass is 388 g/mol. The number of carbonyl (C=O) groups excluding carboxylic acids is 1. The minimum atomic E-state index is -0.593. The van der Waals surface area contributed by atoms with Crippen molar-refractivity contribution in [3.63, 3.8) is 0 Å². The Morgan fingerprint density at radius 1 is 1.39 bits per heavy atom. The fourth-order valence-corrected chi connectivity index (χ4v) is 3.28. The van der Waals surface area contributed by atoms with Gasteiger partial charge in [0.25, 0.3) is 0 Å². The van der Waals surface area contributed by atoms with Crippen LogP contribution in [-0.4, -0.2) is 59.5 Å². The molecule has 1 aliphatic heterocycles. The van der Waals surface area contributed by atoms with Crippen molar-refractivity contribution < 1.29 is 13.9 Å². The van der Waals surface area contributed by atoms with E-state index in [0.29, 0.717) is 30.5 Å². The first-order chi connectivity index (χ1) is 13.4. The van der Waals surface area contributed by atoms with E-state index >= 15 is 0 Å². The molecule has 0 aliphatic carbocycles. The standard InChI is InChI=1S/C19H25FN6O2/c1-25(2)10-13-4-3-7-26(11-13)19(27)24-17-9-18(23-12-22-17)28-16-6-5-14(21)8-15(16)20/h5-6,8-9,12-13H,3-4,7,10-11,21H2,1-2H3,(H,22,23,24,27)/t13-/m0/s1. The second-order valence-corrected chi connectivity index (χ2v) is 7.18. The normalized spacial score (nSPS) is 16.9. The molecule has 0 radical (unpaired) electrons. The lowest BCUT2D eigenvalue weighted by molar-refractivity contribution is 0.162. The number of aromatic nitrogens is 2. The second-order valence-electron chi connectivity index (χ2n) is 7.18.